The molecular weight excluding hydrogens is 422 g/mol. The van der Waals surface area contributed by atoms with Crippen LogP contribution in [0.15, 0.2) is 41.6 Å². The Bertz CT molecular complexity index is 862. The van der Waals surface area contributed by atoms with Crippen LogP contribution < -0.4 is 5.32 Å². The van der Waals surface area contributed by atoms with Crippen molar-refractivity contribution in [2.75, 3.05) is 24.7 Å². The molecule has 0 aliphatic carbocycles. The molecule has 0 fully saturated rings. The van der Waals surface area contributed by atoms with Crippen LogP contribution in [0.25, 0.3) is 0 Å². The molecule has 0 atom stereocenters. The number of nitrogens with one attached hydrogen (secondary N) is 1. The van der Waals surface area contributed by atoms with Gasteiger partial charge in [-0.05, 0) is 30.3 Å². The van der Waals surface area contributed by atoms with E-state index in [4.69, 9.17) is 11.6 Å². The Balaban J connectivity index is 1.86. The number of aromatic nitrogens is 1. The number of carbonyl (C=O) groups excluding carboxylic acids is 2. The van der Waals surface area contributed by atoms with E-state index in [1.54, 1.807) is 0 Å². The van der Waals surface area contributed by atoms with Crippen molar-refractivity contribution in [3.05, 3.63) is 52.9 Å². The number of thioether (sulfide) groups is 1. The normalized spacial score (nSPS) is 11.2. The highest BCUT2D eigenvalue weighted by atomic mass is 35.5. The van der Waals surface area contributed by atoms with E-state index in [-0.39, 0.29) is 22.3 Å². The van der Waals surface area contributed by atoms with Gasteiger partial charge in [-0.3, -0.25) is 9.59 Å². The number of halogens is 5. The third-order valence-electron chi connectivity index (χ3n) is 3.40. The standard InChI is InChI=1S/C17H14ClF4N3O2S/c1-25(8-14(26)24-12-4-2-11(19)3-5-12)15(27)9-28-16-13(18)6-10(7-23-16)17(20,21)22/h2-7H,8-9H2,1H3,(H,24,26). The third kappa shape index (κ3) is 6.38. The molecule has 0 bridgehead atoms. The molecule has 1 aromatic heterocycles. The molecule has 0 saturated carbocycles. The number of likely N-dealkylation sites (N-methyl/N-ethyl adjacent to an activating group) is 1. The maximum absolute atomic E-state index is 12.8. The molecule has 0 spiro atoms. The average Bonchev–Trinajstić information content (AvgIpc) is 2.61. The minimum atomic E-state index is -4.56. The van der Waals surface area contributed by atoms with Crippen LogP contribution in [0.4, 0.5) is 23.2 Å². The lowest BCUT2D eigenvalue weighted by atomic mass is 10.3. The summed E-state index contributed by atoms with van der Waals surface area (Å²) in [4.78, 5) is 28.8. The first-order valence-electron chi connectivity index (χ1n) is 7.71. The van der Waals surface area contributed by atoms with Gasteiger partial charge in [-0.2, -0.15) is 13.2 Å². The zero-order chi connectivity index (χ0) is 20.9. The molecule has 2 aromatic rings. The van der Waals surface area contributed by atoms with E-state index >= 15 is 0 Å². The third-order valence-corrected chi connectivity index (χ3v) is 4.79. The Hall–Kier alpha value is -2.33. The summed E-state index contributed by atoms with van der Waals surface area (Å²) >= 11 is 6.65. The van der Waals surface area contributed by atoms with Crippen molar-refractivity contribution in [2.24, 2.45) is 0 Å². The van der Waals surface area contributed by atoms with Crippen molar-refractivity contribution < 1.29 is 27.2 Å². The molecule has 0 unspecified atom stereocenters. The summed E-state index contributed by atoms with van der Waals surface area (Å²) in [6.45, 7) is -0.259. The second-order valence-electron chi connectivity index (χ2n) is 5.60. The van der Waals surface area contributed by atoms with Gasteiger partial charge in [0.05, 0.1) is 22.9 Å². The van der Waals surface area contributed by atoms with E-state index in [2.05, 4.69) is 10.3 Å². The highest BCUT2D eigenvalue weighted by Gasteiger charge is 2.31. The smallest absolute Gasteiger partial charge is 0.336 e. The number of carbonyl (C=O) groups is 2. The van der Waals surface area contributed by atoms with Crippen molar-refractivity contribution in [3.63, 3.8) is 0 Å². The Labute approximate surface area is 167 Å². The molecule has 1 heterocycles. The van der Waals surface area contributed by atoms with Gasteiger partial charge in [0, 0.05) is 18.9 Å². The minimum absolute atomic E-state index is 0.0761. The van der Waals surface area contributed by atoms with Crippen molar-refractivity contribution in [2.45, 2.75) is 11.2 Å². The van der Waals surface area contributed by atoms with Crippen molar-refractivity contribution in [1.29, 1.82) is 0 Å². The van der Waals surface area contributed by atoms with E-state index in [0.717, 1.165) is 22.7 Å². The molecular formula is C17H14ClF4N3O2S. The van der Waals surface area contributed by atoms with Crippen LogP contribution in [-0.2, 0) is 15.8 Å². The highest BCUT2D eigenvalue weighted by molar-refractivity contribution is 8.00. The number of alkyl halides is 3. The number of benzene rings is 1. The first-order valence-corrected chi connectivity index (χ1v) is 9.07. The van der Waals surface area contributed by atoms with Crippen molar-refractivity contribution in [1.82, 2.24) is 9.88 Å². The van der Waals surface area contributed by atoms with E-state index < -0.39 is 29.4 Å². The molecule has 2 rings (SSSR count). The van der Waals surface area contributed by atoms with E-state index in [1.807, 2.05) is 0 Å². The number of hydrogen-bond acceptors (Lipinski definition) is 4. The highest BCUT2D eigenvalue weighted by Crippen LogP contribution is 2.33. The summed E-state index contributed by atoms with van der Waals surface area (Å²) in [5.41, 5.74) is -0.606. The lowest BCUT2D eigenvalue weighted by molar-refractivity contribution is -0.137. The van der Waals surface area contributed by atoms with Gasteiger partial charge in [0.2, 0.25) is 11.8 Å². The Morgan fingerprint density at radius 3 is 2.46 bits per heavy atom. The van der Waals surface area contributed by atoms with Gasteiger partial charge in [0.25, 0.3) is 0 Å². The van der Waals surface area contributed by atoms with Gasteiger partial charge in [-0.15, -0.1) is 0 Å². The molecule has 1 aromatic carbocycles. The number of anilines is 1. The Morgan fingerprint density at radius 2 is 1.89 bits per heavy atom. The average molecular weight is 436 g/mol. The van der Waals surface area contributed by atoms with Crippen LogP contribution in [0, 0.1) is 5.82 Å². The van der Waals surface area contributed by atoms with Crippen LogP contribution in [0.5, 0.6) is 0 Å². The molecule has 1 N–H and O–H groups in total. The summed E-state index contributed by atoms with van der Waals surface area (Å²) in [5.74, 6) is -1.55. The Morgan fingerprint density at radius 1 is 1.25 bits per heavy atom. The van der Waals surface area contributed by atoms with Gasteiger partial charge in [0.15, 0.2) is 0 Å². The van der Waals surface area contributed by atoms with Crippen LogP contribution in [-0.4, -0.2) is 41.0 Å². The lowest BCUT2D eigenvalue weighted by Gasteiger charge is -2.17. The summed E-state index contributed by atoms with van der Waals surface area (Å²) in [6.07, 6.45) is -3.92. The molecule has 0 radical (unpaired) electrons. The van der Waals surface area contributed by atoms with Crippen LogP contribution in [0.2, 0.25) is 5.02 Å². The summed E-state index contributed by atoms with van der Waals surface area (Å²) in [5, 5.41) is 2.37. The van der Waals surface area contributed by atoms with Gasteiger partial charge in [0.1, 0.15) is 10.8 Å². The second-order valence-corrected chi connectivity index (χ2v) is 6.97. The van der Waals surface area contributed by atoms with Crippen LogP contribution in [0.1, 0.15) is 5.56 Å². The van der Waals surface area contributed by atoms with Crippen molar-refractivity contribution in [3.8, 4) is 0 Å². The van der Waals surface area contributed by atoms with Crippen LogP contribution >= 0.6 is 23.4 Å². The maximum Gasteiger partial charge on any atom is 0.417 e. The zero-order valence-corrected chi connectivity index (χ0v) is 16.0. The predicted molar refractivity (Wildman–Crippen MR) is 97.6 cm³/mol. The Kier molecular flexibility index (Phi) is 7.25. The molecule has 5 nitrogen and oxygen atoms in total. The molecule has 0 saturated heterocycles. The zero-order valence-electron chi connectivity index (χ0n) is 14.4. The molecule has 11 heteroatoms. The van der Waals surface area contributed by atoms with Gasteiger partial charge in [-0.1, -0.05) is 23.4 Å². The fourth-order valence-electron chi connectivity index (χ4n) is 1.96. The molecule has 0 aliphatic heterocycles. The number of nitrogens with zero attached hydrogens (tertiary/aromatic N) is 2. The number of pyridine rings is 1. The number of amides is 2. The molecule has 0 aliphatic rings. The monoisotopic (exact) mass is 435 g/mol. The first-order chi connectivity index (χ1) is 13.1. The summed E-state index contributed by atoms with van der Waals surface area (Å²) in [7, 11) is 1.40. The molecule has 28 heavy (non-hydrogen) atoms. The molecule has 2 amide bonds. The van der Waals surface area contributed by atoms with Gasteiger partial charge < -0.3 is 10.2 Å². The predicted octanol–water partition coefficient (Wildman–Crippen LogP) is 4.08. The summed E-state index contributed by atoms with van der Waals surface area (Å²) < 4.78 is 50.6. The fraction of sp³-hybridized carbons (Fsp3) is 0.235. The van der Waals surface area contributed by atoms with Crippen LogP contribution in [0.3, 0.4) is 0 Å². The van der Waals surface area contributed by atoms with Gasteiger partial charge >= 0.3 is 6.18 Å². The molecule has 150 valence electrons. The quantitative estimate of drug-likeness (QED) is 0.548. The lowest BCUT2D eigenvalue weighted by Crippen LogP contribution is -2.35. The topological polar surface area (TPSA) is 62.3 Å². The largest absolute Gasteiger partial charge is 0.417 e. The SMILES string of the molecule is CN(CC(=O)Nc1ccc(F)cc1)C(=O)CSc1ncc(C(F)(F)F)cc1Cl. The van der Waals surface area contributed by atoms with E-state index in [1.165, 1.54) is 31.3 Å². The van der Waals surface area contributed by atoms with E-state index in [0.29, 0.717) is 11.9 Å². The number of rotatable bonds is 6. The second kappa shape index (κ2) is 9.24. The van der Waals surface area contributed by atoms with Gasteiger partial charge in [-0.25, -0.2) is 9.37 Å². The summed E-state index contributed by atoms with van der Waals surface area (Å²) in [6, 6.07) is 5.86. The maximum atomic E-state index is 12.8. The minimum Gasteiger partial charge on any atom is -0.336 e. The van der Waals surface area contributed by atoms with E-state index in [9.17, 15) is 27.2 Å². The number of hydrogen-bond donors (Lipinski definition) is 1. The first kappa shape index (κ1) is 22.0. The fourth-order valence-corrected chi connectivity index (χ4v) is 3.10. The van der Waals surface area contributed by atoms with Crippen molar-refractivity contribution >= 4 is 40.9 Å².